The standard InChI is InChI=1S/C17H16O4/c18-11-15-6-4-14(5-7-15)10-13-2-1-3-16(9-8-13)21-12-17(19)20/h1-8,11H,9-10,12H2,(H,19,20). The number of hydrogen-bond donors (Lipinski definition) is 1. The second kappa shape index (κ2) is 7.24. The molecule has 0 aromatic heterocycles. The zero-order chi connectivity index (χ0) is 15.1. The van der Waals surface area contributed by atoms with Crippen molar-refractivity contribution >= 4 is 12.3 Å². The van der Waals surface area contributed by atoms with E-state index in [0.29, 0.717) is 17.7 Å². The van der Waals surface area contributed by atoms with Crippen LogP contribution in [0.3, 0.4) is 0 Å². The third-order valence-electron chi connectivity index (χ3n) is 3.06. The van der Waals surface area contributed by atoms with Gasteiger partial charge < -0.3 is 9.84 Å². The summed E-state index contributed by atoms with van der Waals surface area (Å²) in [5.74, 6) is -0.344. The number of carbonyl (C=O) groups is 2. The number of aldehydes is 1. The van der Waals surface area contributed by atoms with Crippen molar-refractivity contribution in [3.8, 4) is 0 Å². The molecule has 1 aliphatic rings. The van der Waals surface area contributed by atoms with E-state index < -0.39 is 5.97 Å². The van der Waals surface area contributed by atoms with Crippen LogP contribution in [0.1, 0.15) is 22.3 Å². The van der Waals surface area contributed by atoms with Crippen LogP contribution in [0.15, 0.2) is 59.9 Å². The fourth-order valence-corrected chi connectivity index (χ4v) is 1.99. The van der Waals surface area contributed by atoms with E-state index in [4.69, 9.17) is 9.84 Å². The molecule has 0 spiro atoms. The van der Waals surface area contributed by atoms with Gasteiger partial charge in [0, 0.05) is 12.0 Å². The highest BCUT2D eigenvalue weighted by Gasteiger charge is 2.05. The third-order valence-corrected chi connectivity index (χ3v) is 3.06. The van der Waals surface area contributed by atoms with Crippen molar-refractivity contribution in [2.75, 3.05) is 6.61 Å². The minimum absolute atomic E-state index is 0.323. The van der Waals surface area contributed by atoms with Gasteiger partial charge in [0.05, 0.1) is 0 Å². The van der Waals surface area contributed by atoms with E-state index in [1.54, 1.807) is 18.2 Å². The van der Waals surface area contributed by atoms with Gasteiger partial charge in [-0.15, -0.1) is 0 Å². The Morgan fingerprint density at radius 2 is 2.05 bits per heavy atom. The van der Waals surface area contributed by atoms with Crippen LogP contribution in [0.2, 0.25) is 0 Å². The maximum absolute atomic E-state index is 10.6. The van der Waals surface area contributed by atoms with E-state index in [1.807, 2.05) is 30.4 Å². The lowest BCUT2D eigenvalue weighted by atomic mass is 10.0. The van der Waals surface area contributed by atoms with Crippen LogP contribution >= 0.6 is 0 Å². The molecular formula is C17H16O4. The molecule has 1 aromatic rings. The monoisotopic (exact) mass is 284 g/mol. The molecule has 1 N–H and O–H groups in total. The summed E-state index contributed by atoms with van der Waals surface area (Å²) < 4.78 is 5.18. The molecule has 0 aliphatic heterocycles. The van der Waals surface area contributed by atoms with Gasteiger partial charge in [0.15, 0.2) is 6.61 Å². The topological polar surface area (TPSA) is 63.6 Å². The average Bonchev–Trinajstić information content (AvgIpc) is 2.71. The van der Waals surface area contributed by atoms with E-state index in [9.17, 15) is 9.59 Å². The Morgan fingerprint density at radius 3 is 2.71 bits per heavy atom. The molecule has 4 nitrogen and oxygen atoms in total. The predicted octanol–water partition coefficient (Wildman–Crippen LogP) is 2.91. The highest BCUT2D eigenvalue weighted by Crippen LogP contribution is 2.17. The van der Waals surface area contributed by atoms with Gasteiger partial charge in [0.2, 0.25) is 0 Å². The molecule has 0 atom stereocenters. The lowest BCUT2D eigenvalue weighted by molar-refractivity contribution is -0.140. The van der Waals surface area contributed by atoms with Gasteiger partial charge in [-0.3, -0.25) is 4.79 Å². The van der Waals surface area contributed by atoms with Crippen molar-refractivity contribution in [2.45, 2.75) is 12.8 Å². The average molecular weight is 284 g/mol. The summed E-state index contributed by atoms with van der Waals surface area (Å²) in [4.78, 5) is 21.1. The molecule has 1 aliphatic carbocycles. The molecule has 0 amide bonds. The van der Waals surface area contributed by atoms with Crippen LogP contribution in [0.25, 0.3) is 0 Å². The Labute approximate surface area is 123 Å². The van der Waals surface area contributed by atoms with Gasteiger partial charge in [0.25, 0.3) is 0 Å². The van der Waals surface area contributed by atoms with E-state index in [1.165, 1.54) is 0 Å². The quantitative estimate of drug-likeness (QED) is 0.816. The van der Waals surface area contributed by atoms with E-state index in [2.05, 4.69) is 0 Å². The molecule has 2 rings (SSSR count). The van der Waals surface area contributed by atoms with Gasteiger partial charge >= 0.3 is 5.97 Å². The lowest BCUT2D eigenvalue weighted by Crippen LogP contribution is -2.06. The highest BCUT2D eigenvalue weighted by molar-refractivity contribution is 5.74. The number of hydrogen-bond acceptors (Lipinski definition) is 3. The number of rotatable bonds is 6. The molecule has 0 heterocycles. The largest absolute Gasteiger partial charge is 0.486 e. The highest BCUT2D eigenvalue weighted by atomic mass is 16.5. The van der Waals surface area contributed by atoms with Crippen molar-refractivity contribution < 1.29 is 19.4 Å². The number of carboxylic acids is 1. The molecule has 0 fully saturated rings. The van der Waals surface area contributed by atoms with Crippen LogP contribution in [0.4, 0.5) is 0 Å². The molecule has 4 heteroatoms. The first-order chi connectivity index (χ1) is 10.2. The lowest BCUT2D eigenvalue weighted by Gasteiger charge is -2.05. The Morgan fingerprint density at radius 1 is 1.29 bits per heavy atom. The summed E-state index contributed by atoms with van der Waals surface area (Å²) >= 11 is 0. The summed E-state index contributed by atoms with van der Waals surface area (Å²) in [6.45, 7) is -0.323. The van der Waals surface area contributed by atoms with Gasteiger partial charge in [-0.25, -0.2) is 4.79 Å². The molecule has 21 heavy (non-hydrogen) atoms. The Balaban J connectivity index is 1.96. The Kier molecular flexibility index (Phi) is 5.10. The second-order valence-corrected chi connectivity index (χ2v) is 4.69. The smallest absolute Gasteiger partial charge is 0.341 e. The fraction of sp³-hybridized carbons (Fsp3) is 0.176. The first-order valence-corrected chi connectivity index (χ1v) is 6.62. The molecule has 0 radical (unpaired) electrons. The Hall–Kier alpha value is -2.62. The van der Waals surface area contributed by atoms with Gasteiger partial charge in [-0.1, -0.05) is 42.5 Å². The van der Waals surface area contributed by atoms with Crippen LogP contribution in [0, 0.1) is 0 Å². The van der Waals surface area contributed by atoms with E-state index in [0.717, 1.165) is 23.8 Å². The van der Waals surface area contributed by atoms with Gasteiger partial charge in [-0.05, 0) is 23.6 Å². The summed E-state index contributed by atoms with van der Waals surface area (Å²) in [6, 6.07) is 7.45. The van der Waals surface area contributed by atoms with Crippen LogP contribution in [-0.2, 0) is 16.0 Å². The predicted molar refractivity (Wildman–Crippen MR) is 79.0 cm³/mol. The normalized spacial score (nSPS) is 13.9. The van der Waals surface area contributed by atoms with Crippen molar-refractivity contribution in [3.05, 3.63) is 71.0 Å². The van der Waals surface area contributed by atoms with Gasteiger partial charge in [-0.2, -0.15) is 0 Å². The molecule has 0 unspecified atom stereocenters. The molecule has 108 valence electrons. The minimum atomic E-state index is -0.983. The van der Waals surface area contributed by atoms with E-state index in [-0.39, 0.29) is 6.61 Å². The fourth-order valence-electron chi connectivity index (χ4n) is 1.99. The number of carbonyl (C=O) groups excluding carboxylic acids is 1. The zero-order valence-electron chi connectivity index (χ0n) is 11.5. The number of carboxylic acid groups (broad SMARTS) is 1. The van der Waals surface area contributed by atoms with Crippen LogP contribution < -0.4 is 0 Å². The maximum atomic E-state index is 10.6. The first-order valence-electron chi connectivity index (χ1n) is 6.62. The minimum Gasteiger partial charge on any atom is -0.486 e. The summed E-state index contributed by atoms with van der Waals surface area (Å²) in [5.41, 5.74) is 2.90. The third kappa shape index (κ3) is 4.76. The van der Waals surface area contributed by atoms with Gasteiger partial charge in [0.1, 0.15) is 12.0 Å². The molecule has 1 aromatic carbocycles. The molecular weight excluding hydrogens is 268 g/mol. The first kappa shape index (κ1) is 14.8. The molecule has 0 saturated heterocycles. The summed E-state index contributed by atoms with van der Waals surface area (Å²) in [7, 11) is 0. The SMILES string of the molecule is O=Cc1ccc(CC2=CCC(OCC(=O)O)=CC=C2)cc1. The summed E-state index contributed by atoms with van der Waals surface area (Å²) in [5, 5.41) is 8.59. The number of aliphatic carboxylic acids is 1. The van der Waals surface area contributed by atoms with Crippen molar-refractivity contribution in [3.63, 3.8) is 0 Å². The van der Waals surface area contributed by atoms with Crippen LogP contribution in [0.5, 0.6) is 0 Å². The molecule has 0 saturated carbocycles. The second-order valence-electron chi connectivity index (χ2n) is 4.69. The van der Waals surface area contributed by atoms with Crippen molar-refractivity contribution in [1.82, 2.24) is 0 Å². The van der Waals surface area contributed by atoms with Crippen molar-refractivity contribution in [2.24, 2.45) is 0 Å². The van der Waals surface area contributed by atoms with E-state index >= 15 is 0 Å². The Bertz CT molecular complexity index is 606. The van der Waals surface area contributed by atoms with Crippen molar-refractivity contribution in [1.29, 1.82) is 0 Å². The zero-order valence-corrected chi connectivity index (χ0v) is 11.5. The van der Waals surface area contributed by atoms with Crippen LogP contribution in [-0.4, -0.2) is 24.0 Å². The number of benzene rings is 1. The number of allylic oxidation sites excluding steroid dienone is 5. The maximum Gasteiger partial charge on any atom is 0.341 e. The number of ether oxygens (including phenoxy) is 1. The molecule has 0 bridgehead atoms. The summed E-state index contributed by atoms with van der Waals surface area (Å²) in [6.07, 6.45) is 9.79.